The van der Waals surface area contributed by atoms with Crippen LogP contribution in [0.25, 0.3) is 22.2 Å². The molecule has 1 saturated carbocycles. The third-order valence-corrected chi connectivity index (χ3v) is 8.35. The van der Waals surface area contributed by atoms with Gasteiger partial charge in [0.25, 0.3) is 0 Å². The number of aromatic nitrogens is 2. The molecule has 0 saturated heterocycles. The number of ether oxygens (including phenoxy) is 1. The molecule has 1 aromatic heterocycles. The SMILES string of the molecule is CCCCCCCCCc1cnc(-c2ccc3ccccc3c2)nc1OCCCCCCCC1CCCC1. The van der Waals surface area contributed by atoms with Gasteiger partial charge in [-0.3, -0.25) is 0 Å². The molecule has 0 radical (unpaired) electrons. The smallest absolute Gasteiger partial charge is 0.220 e. The van der Waals surface area contributed by atoms with Gasteiger partial charge in [0.1, 0.15) is 0 Å². The summed E-state index contributed by atoms with van der Waals surface area (Å²) in [5.74, 6) is 2.60. The van der Waals surface area contributed by atoms with Crippen molar-refractivity contribution in [1.29, 1.82) is 0 Å². The summed E-state index contributed by atoms with van der Waals surface area (Å²) in [5.41, 5.74) is 2.22. The topological polar surface area (TPSA) is 35.0 Å². The van der Waals surface area contributed by atoms with Gasteiger partial charge in [0, 0.05) is 17.3 Å². The summed E-state index contributed by atoms with van der Waals surface area (Å²) in [6.45, 7) is 3.03. The van der Waals surface area contributed by atoms with Gasteiger partial charge in [-0.05, 0) is 42.0 Å². The lowest BCUT2D eigenvalue weighted by atomic mass is 9.99. The molecular formula is C35H50N2O. The first-order valence-corrected chi connectivity index (χ1v) is 15.8. The zero-order chi connectivity index (χ0) is 26.3. The Hall–Kier alpha value is -2.42. The largest absolute Gasteiger partial charge is 0.477 e. The summed E-state index contributed by atoms with van der Waals surface area (Å²) in [7, 11) is 0. The molecule has 2 aromatic carbocycles. The van der Waals surface area contributed by atoms with Gasteiger partial charge < -0.3 is 4.74 Å². The van der Waals surface area contributed by atoms with Gasteiger partial charge in [-0.1, -0.05) is 140 Å². The van der Waals surface area contributed by atoms with E-state index < -0.39 is 0 Å². The van der Waals surface area contributed by atoms with Gasteiger partial charge in [-0.15, -0.1) is 0 Å². The Morgan fingerprint density at radius 3 is 2.29 bits per heavy atom. The zero-order valence-electron chi connectivity index (χ0n) is 23.9. The van der Waals surface area contributed by atoms with Crippen LogP contribution in [0.15, 0.2) is 48.7 Å². The molecule has 206 valence electrons. The normalized spacial score (nSPS) is 13.9. The van der Waals surface area contributed by atoms with Crippen molar-refractivity contribution < 1.29 is 4.74 Å². The van der Waals surface area contributed by atoms with Crippen molar-refractivity contribution in [2.75, 3.05) is 6.61 Å². The van der Waals surface area contributed by atoms with Crippen LogP contribution >= 0.6 is 0 Å². The van der Waals surface area contributed by atoms with E-state index in [2.05, 4.69) is 49.4 Å². The second kappa shape index (κ2) is 16.5. The minimum absolute atomic E-state index is 0.751. The Balaban J connectivity index is 1.29. The summed E-state index contributed by atoms with van der Waals surface area (Å²) in [4.78, 5) is 9.72. The van der Waals surface area contributed by atoms with Gasteiger partial charge in [-0.25, -0.2) is 4.98 Å². The maximum atomic E-state index is 6.33. The van der Waals surface area contributed by atoms with Gasteiger partial charge in [0.05, 0.1) is 6.61 Å². The number of rotatable bonds is 18. The molecule has 1 heterocycles. The predicted molar refractivity (Wildman–Crippen MR) is 162 cm³/mol. The first kappa shape index (κ1) is 28.6. The van der Waals surface area contributed by atoms with Gasteiger partial charge >= 0.3 is 0 Å². The monoisotopic (exact) mass is 514 g/mol. The minimum Gasteiger partial charge on any atom is -0.477 e. The minimum atomic E-state index is 0.751. The molecular weight excluding hydrogens is 464 g/mol. The van der Waals surface area contributed by atoms with Gasteiger partial charge in [0.2, 0.25) is 5.88 Å². The fraction of sp³-hybridized carbons (Fsp3) is 0.600. The quantitative estimate of drug-likeness (QED) is 0.158. The van der Waals surface area contributed by atoms with E-state index in [1.165, 1.54) is 119 Å². The molecule has 0 bridgehead atoms. The molecule has 0 atom stereocenters. The fourth-order valence-corrected chi connectivity index (χ4v) is 5.96. The standard InChI is InChI=1S/C35H50N2O/c1-2-3-4-5-6-9-12-23-33-28-36-34(32-25-24-30-21-15-16-22-31(30)27-32)37-35(33)38-26-17-10-7-8-11-18-29-19-13-14-20-29/h15-16,21-22,24-25,27-29H,2-14,17-20,23,26H2,1H3. The third-order valence-electron chi connectivity index (χ3n) is 8.35. The Kier molecular flexibility index (Phi) is 12.4. The molecule has 0 amide bonds. The van der Waals surface area contributed by atoms with E-state index in [1.54, 1.807) is 0 Å². The number of unbranched alkanes of at least 4 members (excludes halogenated alkanes) is 10. The van der Waals surface area contributed by atoms with E-state index in [1.807, 2.05) is 6.20 Å². The Bertz CT molecular complexity index is 1070. The van der Waals surface area contributed by atoms with Crippen molar-refractivity contribution in [3.63, 3.8) is 0 Å². The van der Waals surface area contributed by atoms with Crippen LogP contribution in [0.2, 0.25) is 0 Å². The van der Waals surface area contributed by atoms with Crippen molar-refractivity contribution in [2.45, 2.75) is 122 Å². The first-order valence-electron chi connectivity index (χ1n) is 15.8. The van der Waals surface area contributed by atoms with E-state index >= 15 is 0 Å². The average Bonchev–Trinajstić information content (AvgIpc) is 3.48. The lowest BCUT2D eigenvalue weighted by Gasteiger charge is -2.12. The fourth-order valence-electron chi connectivity index (χ4n) is 5.96. The number of nitrogens with zero attached hydrogens (tertiary/aromatic N) is 2. The summed E-state index contributed by atoms with van der Waals surface area (Å²) in [6, 6.07) is 14.9. The van der Waals surface area contributed by atoms with Crippen LogP contribution in [0.3, 0.4) is 0 Å². The molecule has 1 aliphatic rings. The van der Waals surface area contributed by atoms with Crippen molar-refractivity contribution in [3.8, 4) is 17.3 Å². The van der Waals surface area contributed by atoms with E-state index in [0.29, 0.717) is 0 Å². The number of benzene rings is 2. The molecule has 0 spiro atoms. The average molecular weight is 515 g/mol. The van der Waals surface area contributed by atoms with Crippen LogP contribution in [-0.4, -0.2) is 16.6 Å². The van der Waals surface area contributed by atoms with E-state index in [0.717, 1.165) is 42.6 Å². The van der Waals surface area contributed by atoms with Crippen LogP contribution in [0, 0.1) is 5.92 Å². The summed E-state index contributed by atoms with van der Waals surface area (Å²) in [5, 5.41) is 2.46. The summed E-state index contributed by atoms with van der Waals surface area (Å²) in [6.07, 6.45) is 26.0. The predicted octanol–water partition coefficient (Wildman–Crippen LogP) is 10.5. The van der Waals surface area contributed by atoms with E-state index in [9.17, 15) is 0 Å². The van der Waals surface area contributed by atoms with Crippen LogP contribution in [0.4, 0.5) is 0 Å². The van der Waals surface area contributed by atoms with Crippen LogP contribution in [-0.2, 0) is 6.42 Å². The third kappa shape index (κ3) is 9.40. The maximum absolute atomic E-state index is 6.33. The van der Waals surface area contributed by atoms with Crippen molar-refractivity contribution >= 4 is 10.8 Å². The highest BCUT2D eigenvalue weighted by Gasteiger charge is 2.14. The van der Waals surface area contributed by atoms with Crippen LogP contribution < -0.4 is 4.74 Å². The van der Waals surface area contributed by atoms with Gasteiger partial charge in [-0.2, -0.15) is 4.98 Å². The second-order valence-electron chi connectivity index (χ2n) is 11.5. The molecule has 0 N–H and O–H groups in total. The maximum Gasteiger partial charge on any atom is 0.220 e. The molecule has 4 rings (SSSR count). The molecule has 1 fully saturated rings. The van der Waals surface area contributed by atoms with Crippen molar-refractivity contribution in [1.82, 2.24) is 9.97 Å². The van der Waals surface area contributed by atoms with Crippen molar-refractivity contribution in [3.05, 3.63) is 54.2 Å². The number of aryl methyl sites for hydroxylation is 1. The Labute approximate surface area is 231 Å². The van der Waals surface area contributed by atoms with Crippen LogP contribution in [0.1, 0.15) is 122 Å². The second-order valence-corrected chi connectivity index (χ2v) is 11.5. The highest BCUT2D eigenvalue weighted by Crippen LogP contribution is 2.29. The number of hydrogen-bond acceptors (Lipinski definition) is 3. The molecule has 0 unspecified atom stereocenters. The molecule has 3 aromatic rings. The lowest BCUT2D eigenvalue weighted by Crippen LogP contribution is -2.05. The summed E-state index contributed by atoms with van der Waals surface area (Å²) < 4.78 is 6.33. The molecule has 0 aliphatic heterocycles. The van der Waals surface area contributed by atoms with Gasteiger partial charge in [0.15, 0.2) is 5.82 Å². The van der Waals surface area contributed by atoms with E-state index in [4.69, 9.17) is 14.7 Å². The lowest BCUT2D eigenvalue weighted by molar-refractivity contribution is 0.289. The molecule has 1 aliphatic carbocycles. The van der Waals surface area contributed by atoms with E-state index in [-0.39, 0.29) is 0 Å². The summed E-state index contributed by atoms with van der Waals surface area (Å²) >= 11 is 0. The first-order chi connectivity index (χ1) is 18.8. The number of fused-ring (bicyclic) bond motifs is 1. The molecule has 3 nitrogen and oxygen atoms in total. The highest BCUT2D eigenvalue weighted by atomic mass is 16.5. The molecule has 3 heteroatoms. The van der Waals surface area contributed by atoms with Crippen LogP contribution in [0.5, 0.6) is 5.88 Å². The zero-order valence-corrected chi connectivity index (χ0v) is 23.9. The van der Waals surface area contributed by atoms with Crippen molar-refractivity contribution in [2.24, 2.45) is 5.92 Å². The highest BCUT2D eigenvalue weighted by molar-refractivity contribution is 5.86. The Morgan fingerprint density at radius 1 is 0.763 bits per heavy atom. The number of hydrogen-bond donors (Lipinski definition) is 0. The molecule has 38 heavy (non-hydrogen) atoms. The Morgan fingerprint density at radius 2 is 1.47 bits per heavy atom.